The number of carboxylic acid groups (broad SMARTS) is 1. The summed E-state index contributed by atoms with van der Waals surface area (Å²) in [6.07, 6.45) is 1.40. The number of rotatable bonds is 3. The van der Waals surface area contributed by atoms with Crippen LogP contribution in [0.2, 0.25) is 0 Å². The highest BCUT2D eigenvalue weighted by atomic mass is 32.1. The van der Waals surface area contributed by atoms with Gasteiger partial charge in [-0.15, -0.1) is 11.3 Å². The molecule has 1 aromatic heterocycles. The van der Waals surface area contributed by atoms with Crippen molar-refractivity contribution < 1.29 is 19.4 Å². The topological polar surface area (TPSA) is 66.8 Å². The van der Waals surface area contributed by atoms with Gasteiger partial charge >= 0.3 is 5.97 Å². The molecule has 2 aliphatic rings. The van der Waals surface area contributed by atoms with Gasteiger partial charge in [-0.2, -0.15) is 0 Å². The van der Waals surface area contributed by atoms with E-state index < -0.39 is 12.1 Å². The zero-order valence-electron chi connectivity index (χ0n) is 10.4. The molecule has 1 saturated carbocycles. The fourth-order valence-electron chi connectivity index (χ4n) is 2.34. The number of hydrogen-bond acceptors (Lipinski definition) is 4. The second-order valence-corrected chi connectivity index (χ2v) is 5.84. The van der Waals surface area contributed by atoms with Crippen LogP contribution in [0.4, 0.5) is 0 Å². The van der Waals surface area contributed by atoms with Gasteiger partial charge < -0.3 is 14.7 Å². The Kier molecular flexibility index (Phi) is 3.28. The Balaban J connectivity index is 1.75. The molecule has 19 heavy (non-hydrogen) atoms. The van der Waals surface area contributed by atoms with Gasteiger partial charge in [0, 0.05) is 6.54 Å². The molecule has 0 bridgehead atoms. The molecular formula is C13H15NO4S. The third-order valence-electron chi connectivity index (χ3n) is 3.54. The van der Waals surface area contributed by atoms with E-state index in [-0.39, 0.29) is 19.1 Å². The number of morpholine rings is 1. The van der Waals surface area contributed by atoms with E-state index in [0.717, 1.165) is 23.3 Å². The maximum absolute atomic E-state index is 12.5. The Morgan fingerprint density at radius 1 is 1.42 bits per heavy atom. The van der Waals surface area contributed by atoms with E-state index in [1.807, 2.05) is 11.4 Å². The molecule has 6 heteroatoms. The minimum atomic E-state index is -1.01. The van der Waals surface area contributed by atoms with Gasteiger partial charge in [-0.1, -0.05) is 0 Å². The van der Waals surface area contributed by atoms with E-state index in [0.29, 0.717) is 12.5 Å². The predicted molar refractivity (Wildman–Crippen MR) is 69.6 cm³/mol. The molecule has 0 spiro atoms. The molecule has 0 aromatic carbocycles. The first-order valence-corrected chi connectivity index (χ1v) is 7.26. The standard InChI is InChI=1S/C13H15NO4S/c15-12(11-9(3-6-19-11)8-1-2-8)14-4-5-18-10(7-14)13(16)17/h3,6,8,10H,1-2,4-5,7H2,(H,16,17)/t10-/m0/s1. The summed E-state index contributed by atoms with van der Waals surface area (Å²) < 4.78 is 5.14. The molecular weight excluding hydrogens is 266 g/mol. The van der Waals surface area contributed by atoms with Crippen molar-refractivity contribution in [3.05, 3.63) is 21.9 Å². The Morgan fingerprint density at radius 3 is 2.89 bits per heavy atom. The van der Waals surface area contributed by atoms with E-state index >= 15 is 0 Å². The highest BCUT2D eigenvalue weighted by Crippen LogP contribution is 2.43. The quantitative estimate of drug-likeness (QED) is 0.913. The smallest absolute Gasteiger partial charge is 0.334 e. The molecule has 1 aliphatic carbocycles. The lowest BCUT2D eigenvalue weighted by Gasteiger charge is -2.30. The molecule has 1 N–H and O–H groups in total. The molecule has 1 aliphatic heterocycles. The Hall–Kier alpha value is -1.40. The average Bonchev–Trinajstić information content (AvgIpc) is 3.15. The van der Waals surface area contributed by atoms with E-state index in [1.54, 1.807) is 4.90 Å². The average molecular weight is 281 g/mol. The molecule has 0 unspecified atom stereocenters. The van der Waals surface area contributed by atoms with Crippen LogP contribution in [0, 0.1) is 0 Å². The Morgan fingerprint density at radius 2 is 2.21 bits per heavy atom. The van der Waals surface area contributed by atoms with E-state index in [1.165, 1.54) is 11.3 Å². The Labute approximate surface area is 114 Å². The summed E-state index contributed by atoms with van der Waals surface area (Å²) >= 11 is 1.45. The largest absolute Gasteiger partial charge is 0.479 e. The fraction of sp³-hybridized carbons (Fsp3) is 0.538. The molecule has 2 heterocycles. The third-order valence-corrected chi connectivity index (χ3v) is 4.45. The minimum Gasteiger partial charge on any atom is -0.479 e. The molecule has 2 fully saturated rings. The zero-order valence-corrected chi connectivity index (χ0v) is 11.2. The van der Waals surface area contributed by atoms with Gasteiger partial charge in [0.05, 0.1) is 18.0 Å². The van der Waals surface area contributed by atoms with Crippen LogP contribution in [-0.4, -0.2) is 47.7 Å². The first-order chi connectivity index (χ1) is 9.16. The number of hydrogen-bond donors (Lipinski definition) is 1. The van der Waals surface area contributed by atoms with E-state index in [2.05, 4.69) is 0 Å². The lowest BCUT2D eigenvalue weighted by molar-refractivity contribution is -0.154. The van der Waals surface area contributed by atoms with E-state index in [4.69, 9.17) is 9.84 Å². The highest BCUT2D eigenvalue weighted by Gasteiger charge is 2.33. The number of amides is 1. The molecule has 1 aromatic rings. The first kappa shape index (κ1) is 12.6. The van der Waals surface area contributed by atoms with Gasteiger partial charge in [-0.25, -0.2) is 4.79 Å². The summed E-state index contributed by atoms with van der Waals surface area (Å²) in [5, 5.41) is 10.9. The van der Waals surface area contributed by atoms with Crippen LogP contribution in [0.25, 0.3) is 0 Å². The van der Waals surface area contributed by atoms with Crippen molar-refractivity contribution in [1.82, 2.24) is 4.90 Å². The van der Waals surface area contributed by atoms with Crippen molar-refractivity contribution >= 4 is 23.2 Å². The number of ether oxygens (including phenoxy) is 1. The van der Waals surface area contributed by atoms with Crippen molar-refractivity contribution in [2.45, 2.75) is 24.9 Å². The molecule has 3 rings (SSSR count). The molecule has 1 atom stereocenters. The van der Waals surface area contributed by atoms with Crippen LogP contribution in [0.3, 0.4) is 0 Å². The third kappa shape index (κ3) is 2.50. The summed E-state index contributed by atoms with van der Waals surface area (Å²) in [6, 6.07) is 2.02. The predicted octanol–water partition coefficient (Wildman–Crippen LogP) is 1.55. The van der Waals surface area contributed by atoms with Crippen LogP contribution < -0.4 is 0 Å². The normalized spacial score (nSPS) is 23.4. The van der Waals surface area contributed by atoms with E-state index in [9.17, 15) is 9.59 Å². The molecule has 1 saturated heterocycles. The van der Waals surface area contributed by atoms with Crippen LogP contribution in [0.5, 0.6) is 0 Å². The SMILES string of the molecule is O=C(O)[C@@H]1CN(C(=O)c2sccc2C2CC2)CCO1. The molecule has 102 valence electrons. The van der Waals surface area contributed by atoms with Gasteiger partial charge in [0.25, 0.3) is 5.91 Å². The molecule has 1 amide bonds. The summed E-state index contributed by atoms with van der Waals surface area (Å²) in [7, 11) is 0. The second kappa shape index (κ2) is 4.94. The van der Waals surface area contributed by atoms with Crippen molar-refractivity contribution in [2.24, 2.45) is 0 Å². The summed E-state index contributed by atoms with van der Waals surface area (Å²) in [4.78, 5) is 25.8. The van der Waals surface area contributed by atoms with Crippen molar-refractivity contribution in [2.75, 3.05) is 19.7 Å². The van der Waals surface area contributed by atoms with Crippen LogP contribution in [0.15, 0.2) is 11.4 Å². The number of aliphatic carboxylic acids is 1. The second-order valence-electron chi connectivity index (χ2n) is 4.93. The summed E-state index contributed by atoms with van der Waals surface area (Å²) in [6.45, 7) is 0.883. The van der Waals surface area contributed by atoms with Gasteiger partial charge in [-0.3, -0.25) is 4.79 Å². The number of carboxylic acids is 1. The van der Waals surface area contributed by atoms with Gasteiger partial charge in [0.1, 0.15) is 0 Å². The van der Waals surface area contributed by atoms with Crippen molar-refractivity contribution in [3.63, 3.8) is 0 Å². The van der Waals surface area contributed by atoms with Gasteiger partial charge in [0.15, 0.2) is 6.10 Å². The summed E-state index contributed by atoms with van der Waals surface area (Å²) in [5.74, 6) is -0.529. The lowest BCUT2D eigenvalue weighted by atomic mass is 10.1. The lowest BCUT2D eigenvalue weighted by Crippen LogP contribution is -2.48. The van der Waals surface area contributed by atoms with Gasteiger partial charge in [-0.05, 0) is 35.8 Å². The zero-order chi connectivity index (χ0) is 13.4. The number of nitrogens with zero attached hydrogens (tertiary/aromatic N) is 1. The number of thiophene rings is 1. The number of carbonyl (C=O) groups excluding carboxylic acids is 1. The number of carbonyl (C=O) groups is 2. The maximum Gasteiger partial charge on any atom is 0.334 e. The molecule has 0 radical (unpaired) electrons. The van der Waals surface area contributed by atoms with Crippen LogP contribution in [-0.2, 0) is 9.53 Å². The first-order valence-electron chi connectivity index (χ1n) is 6.38. The molecule has 5 nitrogen and oxygen atoms in total. The minimum absolute atomic E-state index is 0.0496. The summed E-state index contributed by atoms with van der Waals surface area (Å²) in [5.41, 5.74) is 1.13. The maximum atomic E-state index is 12.5. The van der Waals surface area contributed by atoms with Crippen LogP contribution in [0.1, 0.15) is 34.0 Å². The Bertz CT molecular complexity index is 508. The van der Waals surface area contributed by atoms with Crippen LogP contribution >= 0.6 is 11.3 Å². The van der Waals surface area contributed by atoms with Crippen molar-refractivity contribution in [1.29, 1.82) is 0 Å². The van der Waals surface area contributed by atoms with Gasteiger partial charge in [0.2, 0.25) is 0 Å². The fourth-order valence-corrected chi connectivity index (χ4v) is 3.29. The highest BCUT2D eigenvalue weighted by molar-refractivity contribution is 7.12. The monoisotopic (exact) mass is 281 g/mol. The van der Waals surface area contributed by atoms with Crippen molar-refractivity contribution in [3.8, 4) is 0 Å².